The average Bonchev–Trinajstić information content (AvgIpc) is 0.722. The molecule has 64 valence electrons. The van der Waals surface area contributed by atoms with Gasteiger partial charge < -0.3 is 12.3 Å². The first-order valence-corrected chi connectivity index (χ1v) is 2.10. The molecular weight excluding hydrogens is 188 g/mol. The van der Waals surface area contributed by atoms with Crippen molar-refractivity contribution in [2.75, 3.05) is 0 Å². The van der Waals surface area contributed by atoms with Crippen LogP contribution >= 0.6 is 27.0 Å². The number of hydrogen-bond acceptors (Lipinski definition) is 4. The molecule has 6 nitrogen and oxygen atoms in total. The molecule has 0 radical (unpaired) electrons. The zero-order valence-corrected chi connectivity index (χ0v) is 7.35. The standard InChI is InChI=1S/2H3N.H2O4S.2H2S/c;;1-5(2,3)4;;/h2*1H3;(H2,1,2,3,4);2*1H2. The summed E-state index contributed by atoms with van der Waals surface area (Å²) in [7, 11) is -4.67. The van der Waals surface area contributed by atoms with Crippen LogP contribution in [0.1, 0.15) is 0 Å². The van der Waals surface area contributed by atoms with Crippen LogP contribution < -0.4 is 12.3 Å². The van der Waals surface area contributed by atoms with Gasteiger partial charge in [-0.25, -0.2) is 0 Å². The van der Waals surface area contributed by atoms with Gasteiger partial charge in [0.2, 0.25) is 0 Å². The van der Waals surface area contributed by atoms with Gasteiger partial charge in [0.25, 0.3) is 0 Å². The average molecular weight is 200 g/mol. The van der Waals surface area contributed by atoms with Crippen molar-refractivity contribution in [1.82, 2.24) is 12.3 Å². The highest BCUT2D eigenvalue weighted by Crippen LogP contribution is 1.59. The van der Waals surface area contributed by atoms with Crippen LogP contribution in [0.15, 0.2) is 0 Å². The molecule has 0 spiro atoms. The molecule has 0 aromatic rings. The van der Waals surface area contributed by atoms with E-state index in [0.717, 1.165) is 0 Å². The molecule has 0 bridgehead atoms. The van der Waals surface area contributed by atoms with Gasteiger partial charge in [-0.05, 0) is 0 Å². The molecule has 0 aliphatic rings. The molecule has 0 heterocycles. The number of rotatable bonds is 0. The molecular formula is H12N2O4S3. The van der Waals surface area contributed by atoms with Crippen molar-refractivity contribution in [3.05, 3.63) is 0 Å². The molecule has 0 aliphatic carbocycles. The summed E-state index contributed by atoms with van der Waals surface area (Å²) in [6, 6.07) is 0. The SMILES string of the molecule is N.N.O=S(=O)(O)O.S.S. The molecule has 0 amide bonds. The molecule has 0 saturated carbocycles. The summed E-state index contributed by atoms with van der Waals surface area (Å²) in [6.07, 6.45) is 0. The van der Waals surface area contributed by atoms with E-state index in [9.17, 15) is 0 Å². The maximum Gasteiger partial charge on any atom is 0.394 e. The van der Waals surface area contributed by atoms with Gasteiger partial charge in [-0.1, -0.05) is 0 Å². The van der Waals surface area contributed by atoms with Gasteiger partial charge in [-0.3, -0.25) is 9.11 Å². The van der Waals surface area contributed by atoms with E-state index in [1.165, 1.54) is 0 Å². The summed E-state index contributed by atoms with van der Waals surface area (Å²) in [5, 5.41) is 0. The monoisotopic (exact) mass is 200 g/mol. The lowest BCUT2D eigenvalue weighted by atomic mass is 14.0. The highest BCUT2D eigenvalue weighted by Gasteiger charge is 1.84. The van der Waals surface area contributed by atoms with E-state index in [-0.39, 0.29) is 39.3 Å². The summed E-state index contributed by atoms with van der Waals surface area (Å²) in [6.45, 7) is 0. The predicted molar refractivity (Wildman–Crippen MR) is 45.0 cm³/mol. The maximum absolute atomic E-state index is 8.74. The lowest BCUT2D eigenvalue weighted by molar-refractivity contribution is 0.381. The normalized spacial score (nSPS) is 6.44. The number of hydrogen-bond donors (Lipinski definition) is 4. The summed E-state index contributed by atoms with van der Waals surface area (Å²) < 4.78 is 31.6. The van der Waals surface area contributed by atoms with Gasteiger partial charge in [0.15, 0.2) is 0 Å². The third-order valence-electron chi connectivity index (χ3n) is 0. The van der Waals surface area contributed by atoms with E-state index in [1.54, 1.807) is 0 Å². The fraction of sp³-hybridized carbons (Fsp3) is 0. The van der Waals surface area contributed by atoms with Gasteiger partial charge in [-0.2, -0.15) is 35.4 Å². The Morgan fingerprint density at radius 1 is 0.889 bits per heavy atom. The van der Waals surface area contributed by atoms with E-state index in [2.05, 4.69) is 0 Å². The lowest BCUT2D eigenvalue weighted by Crippen LogP contribution is -1.89. The van der Waals surface area contributed by atoms with E-state index < -0.39 is 10.4 Å². The molecule has 0 unspecified atom stereocenters. The first-order valence-electron chi connectivity index (χ1n) is 0.698. The zero-order valence-electron chi connectivity index (χ0n) is 4.53. The minimum absolute atomic E-state index is 0. The first kappa shape index (κ1) is 33.9. The quantitative estimate of drug-likeness (QED) is 0.402. The lowest BCUT2D eigenvalue weighted by Gasteiger charge is -1.68. The molecule has 0 atom stereocenters. The second-order valence-corrected chi connectivity index (χ2v) is 1.34. The third kappa shape index (κ3) is 1490. The summed E-state index contributed by atoms with van der Waals surface area (Å²) in [4.78, 5) is 0. The van der Waals surface area contributed by atoms with Gasteiger partial charge in [0.05, 0.1) is 0 Å². The smallest absolute Gasteiger partial charge is 0.344 e. The third-order valence-corrected chi connectivity index (χ3v) is 0. The van der Waals surface area contributed by atoms with E-state index in [0.29, 0.717) is 0 Å². The van der Waals surface area contributed by atoms with Crippen LogP contribution in [0.25, 0.3) is 0 Å². The molecule has 0 aromatic heterocycles. The Bertz CT molecular complexity index is 97.0. The highest BCUT2D eigenvalue weighted by molar-refractivity contribution is 7.79. The Labute approximate surface area is 67.7 Å². The summed E-state index contributed by atoms with van der Waals surface area (Å²) in [5.41, 5.74) is 0. The molecule has 0 aromatic carbocycles. The Morgan fingerprint density at radius 2 is 0.889 bits per heavy atom. The molecule has 0 fully saturated rings. The van der Waals surface area contributed by atoms with E-state index in [4.69, 9.17) is 17.5 Å². The molecule has 9 heavy (non-hydrogen) atoms. The van der Waals surface area contributed by atoms with Crippen molar-refractivity contribution < 1.29 is 17.5 Å². The van der Waals surface area contributed by atoms with Crippen molar-refractivity contribution in [3.8, 4) is 0 Å². The van der Waals surface area contributed by atoms with Crippen molar-refractivity contribution in [3.63, 3.8) is 0 Å². The van der Waals surface area contributed by atoms with Crippen LogP contribution in [0.2, 0.25) is 0 Å². The van der Waals surface area contributed by atoms with Crippen LogP contribution in [0.3, 0.4) is 0 Å². The second kappa shape index (κ2) is 11.3. The van der Waals surface area contributed by atoms with Crippen molar-refractivity contribution in [1.29, 1.82) is 0 Å². The largest absolute Gasteiger partial charge is 0.394 e. The van der Waals surface area contributed by atoms with E-state index in [1.807, 2.05) is 0 Å². The Hall–Kier alpha value is 0.490. The summed E-state index contributed by atoms with van der Waals surface area (Å²) in [5.74, 6) is 0. The minimum Gasteiger partial charge on any atom is -0.344 e. The predicted octanol–water partition coefficient (Wildman–Crippen LogP) is -0.103. The molecule has 9 heteroatoms. The molecule has 0 rings (SSSR count). The first-order chi connectivity index (χ1) is 2.00. The minimum atomic E-state index is -4.67. The molecule has 0 saturated heterocycles. The fourth-order valence-electron chi connectivity index (χ4n) is 0. The van der Waals surface area contributed by atoms with Crippen molar-refractivity contribution in [2.24, 2.45) is 0 Å². The zero-order chi connectivity index (χ0) is 4.50. The topological polar surface area (TPSA) is 145 Å². The van der Waals surface area contributed by atoms with Gasteiger partial charge in [-0.15, -0.1) is 0 Å². The van der Waals surface area contributed by atoms with E-state index >= 15 is 0 Å². The summed E-state index contributed by atoms with van der Waals surface area (Å²) >= 11 is 0. The molecule has 0 aliphatic heterocycles. The van der Waals surface area contributed by atoms with Gasteiger partial charge in [0.1, 0.15) is 0 Å². The van der Waals surface area contributed by atoms with Crippen molar-refractivity contribution in [2.45, 2.75) is 0 Å². The van der Waals surface area contributed by atoms with Crippen LogP contribution in [-0.2, 0) is 10.4 Å². The van der Waals surface area contributed by atoms with Gasteiger partial charge in [0, 0.05) is 0 Å². The van der Waals surface area contributed by atoms with Crippen LogP contribution in [0.5, 0.6) is 0 Å². The van der Waals surface area contributed by atoms with Crippen molar-refractivity contribution >= 4 is 37.4 Å². The van der Waals surface area contributed by atoms with Crippen LogP contribution in [0.4, 0.5) is 0 Å². The molecule has 8 N–H and O–H groups in total. The second-order valence-electron chi connectivity index (χ2n) is 0.448. The van der Waals surface area contributed by atoms with Crippen LogP contribution in [-0.4, -0.2) is 17.5 Å². The fourth-order valence-corrected chi connectivity index (χ4v) is 0. The highest BCUT2D eigenvalue weighted by atomic mass is 32.3. The Balaban J connectivity index is -0.0000000133. The maximum atomic E-state index is 8.74. The Morgan fingerprint density at radius 3 is 0.889 bits per heavy atom. The van der Waals surface area contributed by atoms with Crippen LogP contribution in [0, 0.1) is 0 Å². The van der Waals surface area contributed by atoms with Gasteiger partial charge >= 0.3 is 10.4 Å². The Kier molecular flexibility index (Phi) is 42.6.